The van der Waals surface area contributed by atoms with Gasteiger partial charge in [0.05, 0.1) is 24.5 Å². The Bertz CT molecular complexity index is 1180. The van der Waals surface area contributed by atoms with Crippen molar-refractivity contribution < 1.29 is 19.2 Å². The third-order valence-corrected chi connectivity index (χ3v) is 6.20. The van der Waals surface area contributed by atoms with Crippen LogP contribution in [0.15, 0.2) is 78.9 Å². The number of amides is 2. The molecule has 2 fully saturated rings. The molecule has 2 aliphatic rings. The molecule has 5 rings (SSSR count). The number of imide groups is 1. The van der Waals surface area contributed by atoms with E-state index in [1.165, 1.54) is 12.0 Å². The second kappa shape index (κ2) is 8.26. The lowest BCUT2D eigenvalue weighted by molar-refractivity contribution is -0.126. The number of rotatable bonds is 5. The van der Waals surface area contributed by atoms with Crippen molar-refractivity contribution in [1.82, 2.24) is 0 Å². The third-order valence-electron chi connectivity index (χ3n) is 6.20. The summed E-state index contributed by atoms with van der Waals surface area (Å²) in [6.45, 7) is 0. The molecule has 168 valence electrons. The van der Waals surface area contributed by atoms with E-state index in [9.17, 15) is 9.59 Å². The predicted molar refractivity (Wildman–Crippen MR) is 126 cm³/mol. The maximum atomic E-state index is 13.7. The quantitative estimate of drug-likeness (QED) is 0.559. The fourth-order valence-corrected chi connectivity index (χ4v) is 4.57. The van der Waals surface area contributed by atoms with Gasteiger partial charge in [0.25, 0.3) is 5.91 Å². The number of carbonyl (C=O) groups excluding carboxylic acids is 2. The van der Waals surface area contributed by atoms with E-state index in [2.05, 4.69) is 0 Å². The van der Waals surface area contributed by atoms with E-state index in [1.54, 1.807) is 29.3 Å². The minimum Gasteiger partial charge on any atom is -0.495 e. The van der Waals surface area contributed by atoms with Gasteiger partial charge in [-0.05, 0) is 42.0 Å². The van der Waals surface area contributed by atoms with Gasteiger partial charge >= 0.3 is 0 Å². The third kappa shape index (κ3) is 3.41. The number of para-hydroxylation sites is 3. The number of anilines is 3. The van der Waals surface area contributed by atoms with E-state index in [0.29, 0.717) is 11.4 Å². The minimum absolute atomic E-state index is 0.297. The van der Waals surface area contributed by atoms with Crippen LogP contribution in [0.2, 0.25) is 0 Å². The molecule has 0 aliphatic carbocycles. The fraction of sp³-hybridized carbons (Fsp3) is 0.231. The monoisotopic (exact) mass is 443 g/mol. The van der Waals surface area contributed by atoms with Crippen molar-refractivity contribution >= 4 is 28.9 Å². The molecule has 0 aromatic heterocycles. The number of methoxy groups -OCH3 is 1. The van der Waals surface area contributed by atoms with Crippen molar-refractivity contribution in [2.75, 3.05) is 36.1 Å². The van der Waals surface area contributed by atoms with Gasteiger partial charge in [0, 0.05) is 19.8 Å². The number of hydroxylamine groups is 1. The summed E-state index contributed by atoms with van der Waals surface area (Å²) in [7, 11) is 5.47. The normalized spacial score (nSPS) is 22.0. The molecule has 2 heterocycles. The number of ether oxygens (including phenoxy) is 1. The lowest BCUT2D eigenvalue weighted by Gasteiger charge is -2.29. The van der Waals surface area contributed by atoms with Crippen LogP contribution in [0.3, 0.4) is 0 Å². The predicted octanol–water partition coefficient (Wildman–Crippen LogP) is 3.81. The Morgan fingerprint density at radius 3 is 2.18 bits per heavy atom. The molecule has 3 atom stereocenters. The van der Waals surface area contributed by atoms with E-state index < -0.39 is 18.1 Å². The van der Waals surface area contributed by atoms with Gasteiger partial charge in [0.15, 0.2) is 6.10 Å². The average molecular weight is 444 g/mol. The highest BCUT2D eigenvalue weighted by Gasteiger charge is 2.60. The number of carbonyl (C=O) groups is 2. The first-order chi connectivity index (χ1) is 16.0. The molecule has 0 N–H and O–H groups in total. The average Bonchev–Trinajstić information content (AvgIpc) is 3.35. The summed E-state index contributed by atoms with van der Waals surface area (Å²) in [5.74, 6) is -0.906. The number of nitrogens with zero attached hydrogens (tertiary/aromatic N) is 3. The molecule has 0 unspecified atom stereocenters. The summed E-state index contributed by atoms with van der Waals surface area (Å²) < 4.78 is 5.41. The molecule has 0 bridgehead atoms. The van der Waals surface area contributed by atoms with E-state index in [0.717, 1.165) is 16.9 Å². The van der Waals surface area contributed by atoms with E-state index in [1.807, 2.05) is 73.6 Å². The molecule has 2 saturated heterocycles. The Kier molecular flexibility index (Phi) is 5.26. The van der Waals surface area contributed by atoms with Gasteiger partial charge in [-0.1, -0.05) is 42.5 Å². The zero-order valence-electron chi connectivity index (χ0n) is 18.7. The molecule has 2 aliphatic heterocycles. The highest BCUT2D eigenvalue weighted by molar-refractivity contribution is 6.24. The summed E-state index contributed by atoms with van der Waals surface area (Å²) in [5.41, 5.74) is 3.17. The van der Waals surface area contributed by atoms with Crippen LogP contribution in [0.25, 0.3) is 0 Å². The van der Waals surface area contributed by atoms with Crippen LogP contribution in [-0.2, 0) is 14.4 Å². The first-order valence-electron chi connectivity index (χ1n) is 10.8. The number of benzene rings is 3. The van der Waals surface area contributed by atoms with Gasteiger partial charge in [-0.25, -0.2) is 9.96 Å². The SMILES string of the molecule is COc1ccccc1N1C(=O)[C@@H]2[C@H](ON(c3ccccc3)[C@@H]2c2ccc(N(C)C)cc2)C1=O. The van der Waals surface area contributed by atoms with E-state index in [4.69, 9.17) is 9.57 Å². The van der Waals surface area contributed by atoms with Crippen LogP contribution < -0.4 is 19.6 Å². The van der Waals surface area contributed by atoms with Gasteiger partial charge in [-0.2, -0.15) is 0 Å². The van der Waals surface area contributed by atoms with Crippen LogP contribution in [0, 0.1) is 5.92 Å². The molecule has 7 nitrogen and oxygen atoms in total. The molecule has 3 aromatic carbocycles. The Balaban J connectivity index is 1.58. The first kappa shape index (κ1) is 21.0. The van der Waals surface area contributed by atoms with Crippen molar-refractivity contribution in [3.05, 3.63) is 84.4 Å². The molecule has 3 aromatic rings. The molecular weight excluding hydrogens is 418 g/mol. The largest absolute Gasteiger partial charge is 0.495 e. The summed E-state index contributed by atoms with van der Waals surface area (Å²) >= 11 is 0. The molecule has 7 heteroatoms. The van der Waals surface area contributed by atoms with E-state index >= 15 is 0 Å². The van der Waals surface area contributed by atoms with Gasteiger partial charge in [-0.3, -0.25) is 14.4 Å². The van der Waals surface area contributed by atoms with Crippen LogP contribution in [-0.4, -0.2) is 39.1 Å². The van der Waals surface area contributed by atoms with Gasteiger partial charge < -0.3 is 9.64 Å². The van der Waals surface area contributed by atoms with Crippen LogP contribution in [0.4, 0.5) is 17.1 Å². The van der Waals surface area contributed by atoms with Crippen LogP contribution in [0.1, 0.15) is 11.6 Å². The molecule has 0 saturated carbocycles. The minimum atomic E-state index is -0.916. The summed E-state index contributed by atoms with van der Waals surface area (Å²) in [6.07, 6.45) is -0.916. The smallest absolute Gasteiger partial charge is 0.266 e. The first-order valence-corrected chi connectivity index (χ1v) is 10.8. The lowest BCUT2D eigenvalue weighted by atomic mass is 9.90. The summed E-state index contributed by atoms with van der Waals surface area (Å²) in [5, 5.41) is 1.70. The second-order valence-electron chi connectivity index (χ2n) is 8.33. The Morgan fingerprint density at radius 2 is 1.52 bits per heavy atom. The molecule has 0 spiro atoms. The Labute approximate surface area is 192 Å². The second-order valence-corrected chi connectivity index (χ2v) is 8.33. The molecular formula is C26H25N3O4. The van der Waals surface area contributed by atoms with Crippen molar-refractivity contribution in [3.8, 4) is 5.75 Å². The molecule has 2 amide bonds. The number of hydrogen-bond donors (Lipinski definition) is 0. The lowest BCUT2D eigenvalue weighted by Crippen LogP contribution is -2.37. The summed E-state index contributed by atoms with van der Waals surface area (Å²) in [4.78, 5) is 36.6. The van der Waals surface area contributed by atoms with Crippen LogP contribution in [0.5, 0.6) is 5.75 Å². The fourth-order valence-electron chi connectivity index (χ4n) is 4.57. The maximum absolute atomic E-state index is 13.7. The van der Waals surface area contributed by atoms with Crippen molar-refractivity contribution in [1.29, 1.82) is 0 Å². The zero-order chi connectivity index (χ0) is 23.1. The van der Waals surface area contributed by atoms with Crippen molar-refractivity contribution in [3.63, 3.8) is 0 Å². The Morgan fingerprint density at radius 1 is 0.848 bits per heavy atom. The highest BCUT2D eigenvalue weighted by atomic mass is 16.7. The number of fused-ring (bicyclic) bond motifs is 1. The topological polar surface area (TPSA) is 62.3 Å². The number of hydrogen-bond acceptors (Lipinski definition) is 6. The van der Waals surface area contributed by atoms with Crippen molar-refractivity contribution in [2.45, 2.75) is 12.1 Å². The highest BCUT2D eigenvalue weighted by Crippen LogP contribution is 2.48. The Hall–Kier alpha value is -3.84. The summed E-state index contributed by atoms with van der Waals surface area (Å²) in [6, 6.07) is 24.1. The van der Waals surface area contributed by atoms with E-state index in [-0.39, 0.29) is 11.8 Å². The molecule has 0 radical (unpaired) electrons. The van der Waals surface area contributed by atoms with Crippen LogP contribution >= 0.6 is 0 Å². The van der Waals surface area contributed by atoms with Crippen molar-refractivity contribution in [2.24, 2.45) is 5.92 Å². The standard InChI is InChI=1S/C26H25N3O4/c1-27(2)18-15-13-17(14-16-18)23-22-24(33-29(23)19-9-5-4-6-10-19)26(31)28(25(22)30)20-11-7-8-12-21(20)32-3/h4-16,22-24H,1-3H3/t22-,23+,24-/m0/s1. The zero-order valence-corrected chi connectivity index (χ0v) is 18.7. The van der Waals surface area contributed by atoms with Gasteiger partial charge in [0.2, 0.25) is 5.91 Å². The molecule has 33 heavy (non-hydrogen) atoms. The van der Waals surface area contributed by atoms with Gasteiger partial charge in [0.1, 0.15) is 11.7 Å². The maximum Gasteiger partial charge on any atom is 0.266 e. The van der Waals surface area contributed by atoms with Gasteiger partial charge in [-0.15, -0.1) is 0 Å².